The smallest absolute Gasteiger partial charge is 0.0949 e. The van der Waals surface area contributed by atoms with Gasteiger partial charge in [0.05, 0.1) is 24.8 Å². The first-order valence-electron chi connectivity index (χ1n) is 6.36. The van der Waals surface area contributed by atoms with E-state index in [1.54, 1.807) is 0 Å². The van der Waals surface area contributed by atoms with E-state index in [0.717, 1.165) is 35.2 Å². The van der Waals surface area contributed by atoms with Crippen molar-refractivity contribution in [3.8, 4) is 0 Å². The minimum atomic E-state index is -0.789. The van der Waals surface area contributed by atoms with E-state index in [1.807, 2.05) is 22.8 Å². The summed E-state index contributed by atoms with van der Waals surface area (Å²) < 4.78 is 4.98. The monoisotopic (exact) mass is 475 g/mol. The van der Waals surface area contributed by atoms with Gasteiger partial charge in [-0.25, -0.2) is 0 Å². The third-order valence-electron chi connectivity index (χ3n) is 3.44. The summed E-state index contributed by atoms with van der Waals surface area (Å²) in [4.78, 5) is 0. The van der Waals surface area contributed by atoms with Crippen LogP contribution < -0.4 is 0 Å². The fourth-order valence-electron chi connectivity index (χ4n) is 2.58. The number of benzene rings is 2. The minimum Gasteiger partial charge on any atom is -0.394 e. The van der Waals surface area contributed by atoms with Gasteiger partial charge in [-0.2, -0.15) is 0 Å². The van der Waals surface area contributed by atoms with Crippen molar-refractivity contribution in [2.75, 3.05) is 6.61 Å². The zero-order valence-corrected chi connectivity index (χ0v) is 15.6. The van der Waals surface area contributed by atoms with E-state index in [9.17, 15) is 5.11 Å². The number of hydrogen-bond donors (Lipinski definition) is 2. The highest BCUT2D eigenvalue weighted by molar-refractivity contribution is 9.11. The molecule has 0 aliphatic rings. The number of aliphatic hydroxyl groups excluding tert-OH is 2. The molecule has 0 aliphatic heterocycles. The van der Waals surface area contributed by atoms with E-state index in [-0.39, 0.29) is 6.61 Å². The van der Waals surface area contributed by atoms with Crippen LogP contribution in [0.5, 0.6) is 0 Å². The summed E-state index contributed by atoms with van der Waals surface area (Å²) in [6, 6.07) is 10.1. The van der Waals surface area contributed by atoms with Gasteiger partial charge in [0, 0.05) is 29.7 Å². The Morgan fingerprint density at radius 3 is 2.43 bits per heavy atom. The molecule has 1 atom stereocenters. The lowest BCUT2D eigenvalue weighted by molar-refractivity contribution is 0.0831. The van der Waals surface area contributed by atoms with E-state index in [2.05, 4.69) is 59.9 Å². The molecule has 21 heavy (non-hydrogen) atoms. The molecule has 1 aromatic heterocycles. The summed E-state index contributed by atoms with van der Waals surface area (Å²) in [5.41, 5.74) is 2.04. The molecule has 0 bridgehead atoms. The fraction of sp³-hybridized carbons (Fsp3) is 0.200. The molecule has 3 aromatic rings. The zero-order chi connectivity index (χ0) is 15.1. The number of aromatic nitrogens is 1. The molecule has 3 rings (SSSR count). The molecule has 2 aromatic carbocycles. The molecular weight excluding hydrogens is 466 g/mol. The summed E-state index contributed by atoms with van der Waals surface area (Å²) in [7, 11) is 0. The Labute approximate surface area is 146 Å². The van der Waals surface area contributed by atoms with E-state index in [4.69, 9.17) is 5.11 Å². The van der Waals surface area contributed by atoms with Crippen LogP contribution in [0.25, 0.3) is 21.8 Å². The summed E-state index contributed by atoms with van der Waals surface area (Å²) in [6.45, 7) is 0.0875. The molecule has 0 radical (unpaired) electrons. The second-order valence-electron chi connectivity index (χ2n) is 4.89. The first-order valence-corrected chi connectivity index (χ1v) is 8.74. The van der Waals surface area contributed by atoms with Crippen molar-refractivity contribution in [1.29, 1.82) is 0 Å². The molecule has 0 spiro atoms. The van der Waals surface area contributed by atoms with Crippen molar-refractivity contribution < 1.29 is 10.2 Å². The maximum atomic E-state index is 9.84. The second kappa shape index (κ2) is 6.01. The Hall–Kier alpha value is -0.400. The Balaban J connectivity index is 2.41. The van der Waals surface area contributed by atoms with Gasteiger partial charge in [-0.3, -0.25) is 0 Å². The highest BCUT2D eigenvalue weighted by Crippen LogP contribution is 2.37. The maximum absolute atomic E-state index is 9.84. The molecule has 3 nitrogen and oxygen atoms in total. The van der Waals surface area contributed by atoms with Gasteiger partial charge >= 0.3 is 0 Å². The molecule has 0 saturated carbocycles. The molecule has 1 heterocycles. The summed E-state index contributed by atoms with van der Waals surface area (Å²) in [5.74, 6) is 0. The second-order valence-corrected chi connectivity index (χ2v) is 7.58. The molecule has 0 unspecified atom stereocenters. The van der Waals surface area contributed by atoms with Crippen LogP contribution in [0.1, 0.15) is 0 Å². The number of rotatable bonds is 3. The topological polar surface area (TPSA) is 45.4 Å². The lowest BCUT2D eigenvalue weighted by Gasteiger charge is -2.12. The van der Waals surface area contributed by atoms with Crippen molar-refractivity contribution in [3.05, 3.63) is 43.7 Å². The molecule has 2 N–H and O–H groups in total. The Morgan fingerprint density at radius 1 is 1.00 bits per heavy atom. The van der Waals surface area contributed by atoms with E-state index < -0.39 is 6.10 Å². The van der Waals surface area contributed by atoms with Gasteiger partial charge in [0.2, 0.25) is 0 Å². The van der Waals surface area contributed by atoms with Crippen molar-refractivity contribution in [2.45, 2.75) is 12.6 Å². The van der Waals surface area contributed by atoms with Crippen LogP contribution in [-0.2, 0) is 6.54 Å². The lowest BCUT2D eigenvalue weighted by Crippen LogP contribution is -2.19. The van der Waals surface area contributed by atoms with Gasteiger partial charge in [-0.1, -0.05) is 31.9 Å². The van der Waals surface area contributed by atoms with Crippen LogP contribution in [-0.4, -0.2) is 27.5 Å². The number of fused-ring (bicyclic) bond motifs is 3. The molecule has 0 aliphatic carbocycles. The standard InChI is InChI=1S/C15H12Br3NO2/c16-8-1-2-14-11(3-8)12-4-9(17)5-13(18)15(12)19(14)6-10(21)7-20/h1-5,10,20-21H,6-7H2/t10-/m0/s1. The minimum absolute atomic E-state index is 0.258. The van der Waals surface area contributed by atoms with Gasteiger partial charge in [-0.05, 0) is 46.3 Å². The van der Waals surface area contributed by atoms with E-state index >= 15 is 0 Å². The SMILES string of the molecule is OC[C@@H](O)Cn1c2ccc(Br)cc2c2cc(Br)cc(Br)c21. The molecule has 0 fully saturated rings. The first-order chi connectivity index (χ1) is 10.0. The predicted molar refractivity (Wildman–Crippen MR) is 95.6 cm³/mol. The number of halogens is 3. The molecular formula is C15H12Br3NO2. The van der Waals surface area contributed by atoms with Crippen LogP contribution in [0.15, 0.2) is 43.7 Å². The number of hydrogen-bond acceptors (Lipinski definition) is 2. The fourth-order valence-corrected chi connectivity index (χ4v) is 4.38. The van der Waals surface area contributed by atoms with Crippen LogP contribution in [0.3, 0.4) is 0 Å². The molecule has 110 valence electrons. The Bertz CT molecular complexity index is 829. The third kappa shape index (κ3) is 2.80. The summed E-state index contributed by atoms with van der Waals surface area (Å²) in [5, 5.41) is 21.2. The summed E-state index contributed by atoms with van der Waals surface area (Å²) in [6.07, 6.45) is -0.789. The van der Waals surface area contributed by atoms with Crippen LogP contribution in [0, 0.1) is 0 Å². The van der Waals surface area contributed by atoms with Crippen molar-refractivity contribution in [2.24, 2.45) is 0 Å². The average molecular weight is 478 g/mol. The average Bonchev–Trinajstić information content (AvgIpc) is 2.72. The Morgan fingerprint density at radius 2 is 1.71 bits per heavy atom. The summed E-state index contributed by atoms with van der Waals surface area (Å²) >= 11 is 10.6. The lowest BCUT2D eigenvalue weighted by atomic mass is 10.2. The zero-order valence-electron chi connectivity index (χ0n) is 10.9. The van der Waals surface area contributed by atoms with Crippen molar-refractivity contribution in [3.63, 3.8) is 0 Å². The van der Waals surface area contributed by atoms with E-state index in [1.165, 1.54) is 0 Å². The highest BCUT2D eigenvalue weighted by Gasteiger charge is 2.16. The third-order valence-corrected chi connectivity index (χ3v) is 5.00. The molecule has 6 heteroatoms. The first kappa shape index (κ1) is 15.5. The highest BCUT2D eigenvalue weighted by atomic mass is 79.9. The Kier molecular flexibility index (Phi) is 4.43. The van der Waals surface area contributed by atoms with E-state index in [0.29, 0.717) is 6.54 Å². The normalized spacial score (nSPS) is 13.2. The maximum Gasteiger partial charge on any atom is 0.0949 e. The quantitative estimate of drug-likeness (QED) is 0.586. The largest absolute Gasteiger partial charge is 0.394 e. The van der Waals surface area contributed by atoms with Gasteiger partial charge < -0.3 is 14.8 Å². The molecule has 0 amide bonds. The van der Waals surface area contributed by atoms with Crippen LogP contribution >= 0.6 is 47.8 Å². The number of nitrogens with zero attached hydrogens (tertiary/aromatic N) is 1. The van der Waals surface area contributed by atoms with Crippen LogP contribution in [0.4, 0.5) is 0 Å². The predicted octanol–water partition coefficient (Wildman–Crippen LogP) is 4.44. The van der Waals surface area contributed by atoms with Crippen molar-refractivity contribution in [1.82, 2.24) is 4.57 Å². The van der Waals surface area contributed by atoms with Gasteiger partial charge in [0.15, 0.2) is 0 Å². The molecule has 0 saturated heterocycles. The van der Waals surface area contributed by atoms with Gasteiger partial charge in [-0.15, -0.1) is 0 Å². The van der Waals surface area contributed by atoms with Gasteiger partial charge in [0.1, 0.15) is 0 Å². The van der Waals surface area contributed by atoms with Gasteiger partial charge in [0.25, 0.3) is 0 Å². The number of aliphatic hydroxyl groups is 2. The van der Waals surface area contributed by atoms with Crippen LogP contribution in [0.2, 0.25) is 0 Å². The van der Waals surface area contributed by atoms with Crippen molar-refractivity contribution >= 4 is 69.6 Å².